The van der Waals surface area contributed by atoms with Crippen molar-refractivity contribution < 1.29 is 4.79 Å². The highest BCUT2D eigenvalue weighted by Crippen LogP contribution is 2.16. The first-order valence-corrected chi connectivity index (χ1v) is 5.12. The van der Waals surface area contributed by atoms with Gasteiger partial charge in [-0.3, -0.25) is 4.79 Å². The Labute approximate surface area is 92.0 Å². The van der Waals surface area contributed by atoms with Crippen molar-refractivity contribution in [2.45, 2.75) is 6.04 Å². The van der Waals surface area contributed by atoms with Gasteiger partial charge in [0.1, 0.15) is 6.04 Å². The van der Waals surface area contributed by atoms with Gasteiger partial charge >= 0.3 is 0 Å². The van der Waals surface area contributed by atoms with E-state index < -0.39 is 0 Å². The monoisotopic (exact) mass is 256 g/mol. The fourth-order valence-corrected chi connectivity index (χ4v) is 1.51. The molecule has 2 N–H and O–H groups in total. The number of rotatable bonds is 3. The summed E-state index contributed by atoms with van der Waals surface area (Å²) in [6.07, 6.45) is 0. The molecule has 1 aromatic carbocycles. The Morgan fingerprint density at radius 3 is 2.29 bits per heavy atom. The zero-order chi connectivity index (χ0) is 10.6. The molecule has 0 saturated carbocycles. The predicted molar refractivity (Wildman–Crippen MR) is 60.0 cm³/mol. The fraction of sp³-hybridized carbons (Fsp3) is 0.300. The van der Waals surface area contributed by atoms with Gasteiger partial charge in [0, 0.05) is 11.5 Å². The van der Waals surface area contributed by atoms with Crippen LogP contribution in [0, 0.1) is 0 Å². The first kappa shape index (κ1) is 11.2. The molecule has 0 spiro atoms. The second-order valence-corrected chi connectivity index (χ2v) is 3.80. The molecule has 1 aromatic rings. The van der Waals surface area contributed by atoms with E-state index in [0.29, 0.717) is 0 Å². The summed E-state index contributed by atoms with van der Waals surface area (Å²) in [5, 5.41) is 5.58. The van der Waals surface area contributed by atoms with Gasteiger partial charge in [0.25, 0.3) is 0 Å². The van der Waals surface area contributed by atoms with Gasteiger partial charge in [-0.25, -0.2) is 0 Å². The largest absolute Gasteiger partial charge is 0.358 e. The summed E-state index contributed by atoms with van der Waals surface area (Å²) in [4.78, 5) is 11.4. The SMILES string of the molecule is CNC(=O)C(NC)c1ccc(Br)cc1. The normalized spacial score (nSPS) is 12.2. The van der Waals surface area contributed by atoms with Crippen molar-refractivity contribution in [1.29, 1.82) is 0 Å². The Hall–Kier alpha value is -0.870. The maximum Gasteiger partial charge on any atom is 0.241 e. The zero-order valence-electron chi connectivity index (χ0n) is 8.17. The minimum absolute atomic E-state index is 0.0326. The predicted octanol–water partition coefficient (Wildman–Crippen LogP) is 1.46. The third-order valence-corrected chi connectivity index (χ3v) is 2.53. The molecule has 0 radical (unpaired) electrons. The number of carbonyl (C=O) groups is 1. The second kappa shape index (κ2) is 5.12. The molecule has 0 bridgehead atoms. The van der Waals surface area contributed by atoms with E-state index in [0.717, 1.165) is 10.0 Å². The van der Waals surface area contributed by atoms with Crippen molar-refractivity contribution in [3.63, 3.8) is 0 Å². The van der Waals surface area contributed by atoms with Crippen molar-refractivity contribution in [2.24, 2.45) is 0 Å². The molecular formula is C10H13BrN2O. The molecule has 76 valence electrons. The van der Waals surface area contributed by atoms with Crippen LogP contribution in [0.2, 0.25) is 0 Å². The van der Waals surface area contributed by atoms with Crippen LogP contribution in [0.4, 0.5) is 0 Å². The van der Waals surface area contributed by atoms with E-state index in [1.165, 1.54) is 0 Å². The van der Waals surface area contributed by atoms with Crippen molar-refractivity contribution in [1.82, 2.24) is 10.6 Å². The van der Waals surface area contributed by atoms with Crippen molar-refractivity contribution in [3.8, 4) is 0 Å². The lowest BCUT2D eigenvalue weighted by Crippen LogP contribution is -2.33. The fourth-order valence-electron chi connectivity index (χ4n) is 1.25. The Morgan fingerprint density at radius 1 is 1.29 bits per heavy atom. The number of halogens is 1. The van der Waals surface area contributed by atoms with Crippen LogP contribution in [0.25, 0.3) is 0 Å². The minimum atomic E-state index is -0.284. The number of benzene rings is 1. The summed E-state index contributed by atoms with van der Waals surface area (Å²) < 4.78 is 1.01. The maximum atomic E-state index is 11.4. The number of amides is 1. The van der Waals surface area contributed by atoms with Gasteiger partial charge < -0.3 is 10.6 Å². The average molecular weight is 257 g/mol. The topological polar surface area (TPSA) is 41.1 Å². The third-order valence-electron chi connectivity index (χ3n) is 2.00. The van der Waals surface area contributed by atoms with Gasteiger partial charge in [0.15, 0.2) is 0 Å². The highest BCUT2D eigenvalue weighted by molar-refractivity contribution is 9.10. The van der Waals surface area contributed by atoms with Crippen molar-refractivity contribution in [3.05, 3.63) is 34.3 Å². The number of likely N-dealkylation sites (N-methyl/N-ethyl adjacent to an activating group) is 2. The summed E-state index contributed by atoms with van der Waals surface area (Å²) >= 11 is 3.35. The van der Waals surface area contributed by atoms with Crippen molar-refractivity contribution >= 4 is 21.8 Å². The van der Waals surface area contributed by atoms with E-state index in [-0.39, 0.29) is 11.9 Å². The summed E-state index contributed by atoms with van der Waals surface area (Å²) in [7, 11) is 3.40. The van der Waals surface area contributed by atoms with E-state index in [1.54, 1.807) is 14.1 Å². The molecule has 1 amide bonds. The Balaban J connectivity index is 2.89. The van der Waals surface area contributed by atoms with Gasteiger partial charge in [0.2, 0.25) is 5.91 Å². The summed E-state index contributed by atoms with van der Waals surface area (Å²) in [6.45, 7) is 0. The second-order valence-electron chi connectivity index (χ2n) is 2.89. The molecule has 14 heavy (non-hydrogen) atoms. The van der Waals surface area contributed by atoms with Crippen LogP contribution in [-0.4, -0.2) is 20.0 Å². The van der Waals surface area contributed by atoms with Crippen LogP contribution >= 0.6 is 15.9 Å². The molecule has 3 nitrogen and oxygen atoms in total. The summed E-state index contributed by atoms with van der Waals surface area (Å²) in [6, 6.07) is 7.39. The zero-order valence-corrected chi connectivity index (χ0v) is 9.76. The lowest BCUT2D eigenvalue weighted by Gasteiger charge is -2.14. The van der Waals surface area contributed by atoms with Crippen LogP contribution in [0.1, 0.15) is 11.6 Å². The quantitative estimate of drug-likeness (QED) is 0.860. The first-order valence-electron chi connectivity index (χ1n) is 4.33. The maximum absolute atomic E-state index is 11.4. The lowest BCUT2D eigenvalue weighted by atomic mass is 10.1. The molecule has 1 atom stereocenters. The van der Waals surface area contributed by atoms with E-state index in [2.05, 4.69) is 26.6 Å². The number of nitrogens with one attached hydrogen (secondary N) is 2. The molecule has 0 aromatic heterocycles. The lowest BCUT2D eigenvalue weighted by molar-refractivity contribution is -0.122. The summed E-state index contributed by atoms with van der Waals surface area (Å²) in [5.74, 6) is -0.0326. The molecule has 1 unspecified atom stereocenters. The van der Waals surface area contributed by atoms with Crippen LogP contribution in [0.5, 0.6) is 0 Å². The standard InChI is InChI=1S/C10H13BrN2O/c1-12-9(10(14)13-2)7-3-5-8(11)6-4-7/h3-6,9,12H,1-2H3,(H,13,14). The van der Waals surface area contributed by atoms with Crippen LogP contribution in [0.15, 0.2) is 28.7 Å². The van der Waals surface area contributed by atoms with Gasteiger partial charge in [-0.1, -0.05) is 28.1 Å². The summed E-state index contributed by atoms with van der Waals surface area (Å²) in [5.41, 5.74) is 0.954. The molecule has 1 rings (SSSR count). The highest BCUT2D eigenvalue weighted by Gasteiger charge is 2.16. The molecular weight excluding hydrogens is 244 g/mol. The molecule has 4 heteroatoms. The van der Waals surface area contributed by atoms with Gasteiger partial charge in [0.05, 0.1) is 0 Å². The molecule has 0 aliphatic carbocycles. The number of hydrogen-bond donors (Lipinski definition) is 2. The van der Waals surface area contributed by atoms with E-state index >= 15 is 0 Å². The Kier molecular flexibility index (Phi) is 4.10. The first-order chi connectivity index (χ1) is 6.69. The van der Waals surface area contributed by atoms with Crippen LogP contribution < -0.4 is 10.6 Å². The molecule has 0 aliphatic rings. The highest BCUT2D eigenvalue weighted by atomic mass is 79.9. The third kappa shape index (κ3) is 2.56. The smallest absolute Gasteiger partial charge is 0.241 e. The molecule has 0 heterocycles. The van der Waals surface area contributed by atoms with Crippen molar-refractivity contribution in [2.75, 3.05) is 14.1 Å². The average Bonchev–Trinajstić information content (AvgIpc) is 2.21. The van der Waals surface area contributed by atoms with E-state index in [4.69, 9.17) is 0 Å². The van der Waals surface area contributed by atoms with E-state index in [9.17, 15) is 4.79 Å². The molecule has 0 saturated heterocycles. The number of hydrogen-bond acceptors (Lipinski definition) is 2. The van der Waals surface area contributed by atoms with Crippen LogP contribution in [0.3, 0.4) is 0 Å². The Bertz CT molecular complexity index is 310. The van der Waals surface area contributed by atoms with E-state index in [1.807, 2.05) is 24.3 Å². The number of carbonyl (C=O) groups excluding carboxylic acids is 1. The van der Waals surface area contributed by atoms with Gasteiger partial charge in [-0.15, -0.1) is 0 Å². The molecule has 0 fully saturated rings. The van der Waals surface area contributed by atoms with Gasteiger partial charge in [-0.2, -0.15) is 0 Å². The molecule has 0 aliphatic heterocycles. The Morgan fingerprint density at radius 2 is 1.86 bits per heavy atom. The minimum Gasteiger partial charge on any atom is -0.358 e. The van der Waals surface area contributed by atoms with Crippen LogP contribution in [-0.2, 0) is 4.79 Å². The van der Waals surface area contributed by atoms with Gasteiger partial charge in [-0.05, 0) is 24.7 Å².